The van der Waals surface area contributed by atoms with E-state index in [0.29, 0.717) is 29.9 Å². The number of hydrazine groups is 1. The number of hydrogen-bond donors (Lipinski definition) is 2. The number of nitrogens with one attached hydrogen (secondary N) is 2. The SMILES string of the molecule is COc1ccc2oc(C(=O)NNC(=O)CCN3CCN(c4ccccc4)CC3)c(C)c2c1. The van der Waals surface area contributed by atoms with Crippen molar-refractivity contribution < 1.29 is 18.7 Å². The number of hydrogen-bond acceptors (Lipinski definition) is 6. The van der Waals surface area contributed by atoms with Gasteiger partial charge in [-0.3, -0.25) is 25.3 Å². The van der Waals surface area contributed by atoms with Crippen molar-refractivity contribution in [2.45, 2.75) is 13.3 Å². The van der Waals surface area contributed by atoms with Crippen molar-refractivity contribution in [2.75, 3.05) is 44.7 Å². The highest BCUT2D eigenvalue weighted by Crippen LogP contribution is 2.28. The number of amides is 2. The highest BCUT2D eigenvalue weighted by atomic mass is 16.5. The predicted octanol–water partition coefficient (Wildman–Crippen LogP) is 2.72. The summed E-state index contributed by atoms with van der Waals surface area (Å²) in [7, 11) is 1.59. The van der Waals surface area contributed by atoms with Crippen LogP contribution in [-0.4, -0.2) is 56.5 Å². The molecule has 3 aromatic rings. The van der Waals surface area contributed by atoms with E-state index in [1.807, 2.05) is 24.3 Å². The zero-order valence-corrected chi connectivity index (χ0v) is 18.4. The number of furan rings is 1. The number of fused-ring (bicyclic) bond motifs is 1. The minimum absolute atomic E-state index is 0.172. The molecule has 0 unspecified atom stereocenters. The summed E-state index contributed by atoms with van der Waals surface area (Å²) < 4.78 is 10.9. The number of rotatable bonds is 6. The maximum absolute atomic E-state index is 12.5. The Hall–Kier alpha value is -3.52. The van der Waals surface area contributed by atoms with Crippen LogP contribution in [0.1, 0.15) is 22.5 Å². The second-order valence-electron chi connectivity index (χ2n) is 7.83. The van der Waals surface area contributed by atoms with E-state index in [2.05, 4.69) is 32.8 Å². The Kier molecular flexibility index (Phi) is 6.61. The zero-order valence-electron chi connectivity index (χ0n) is 18.4. The summed E-state index contributed by atoms with van der Waals surface area (Å²) in [6, 6.07) is 15.7. The molecule has 1 saturated heterocycles. The van der Waals surface area contributed by atoms with Crippen molar-refractivity contribution in [3.8, 4) is 5.75 Å². The van der Waals surface area contributed by atoms with Crippen LogP contribution in [0.3, 0.4) is 0 Å². The lowest BCUT2D eigenvalue weighted by Crippen LogP contribution is -2.48. The molecule has 2 amide bonds. The quantitative estimate of drug-likeness (QED) is 0.578. The molecule has 2 N–H and O–H groups in total. The minimum Gasteiger partial charge on any atom is -0.497 e. The summed E-state index contributed by atoms with van der Waals surface area (Å²) >= 11 is 0. The van der Waals surface area contributed by atoms with Crippen molar-refractivity contribution in [3.05, 3.63) is 59.9 Å². The summed E-state index contributed by atoms with van der Waals surface area (Å²) in [4.78, 5) is 29.4. The Bertz CT molecular complexity index is 1090. The first kappa shape index (κ1) is 21.7. The summed E-state index contributed by atoms with van der Waals surface area (Å²) in [5.74, 6) is 0.138. The van der Waals surface area contributed by atoms with Crippen LogP contribution in [0.15, 0.2) is 52.9 Å². The van der Waals surface area contributed by atoms with E-state index in [0.717, 1.165) is 31.6 Å². The van der Waals surface area contributed by atoms with Crippen molar-refractivity contribution in [3.63, 3.8) is 0 Å². The highest BCUT2D eigenvalue weighted by Gasteiger charge is 2.20. The molecule has 0 saturated carbocycles. The van der Waals surface area contributed by atoms with Gasteiger partial charge in [-0.1, -0.05) is 18.2 Å². The molecule has 2 heterocycles. The third-order valence-corrected chi connectivity index (χ3v) is 5.81. The van der Waals surface area contributed by atoms with Crippen molar-refractivity contribution in [2.24, 2.45) is 0 Å². The molecule has 0 atom stereocenters. The van der Waals surface area contributed by atoms with Gasteiger partial charge in [-0.25, -0.2) is 0 Å². The molecule has 1 aliphatic heterocycles. The van der Waals surface area contributed by atoms with Gasteiger partial charge < -0.3 is 14.1 Å². The molecule has 4 rings (SSSR count). The van der Waals surface area contributed by atoms with E-state index in [4.69, 9.17) is 9.15 Å². The fourth-order valence-electron chi connectivity index (χ4n) is 3.92. The molecule has 32 heavy (non-hydrogen) atoms. The van der Waals surface area contributed by atoms with Gasteiger partial charge in [0.05, 0.1) is 7.11 Å². The van der Waals surface area contributed by atoms with Crippen LogP contribution in [-0.2, 0) is 4.79 Å². The van der Waals surface area contributed by atoms with E-state index < -0.39 is 5.91 Å². The molecule has 0 spiro atoms. The van der Waals surface area contributed by atoms with Crippen LogP contribution >= 0.6 is 0 Å². The zero-order chi connectivity index (χ0) is 22.5. The Morgan fingerprint density at radius 2 is 1.78 bits per heavy atom. The van der Waals surface area contributed by atoms with Gasteiger partial charge in [0, 0.05) is 55.8 Å². The van der Waals surface area contributed by atoms with Crippen LogP contribution in [0.4, 0.5) is 5.69 Å². The van der Waals surface area contributed by atoms with Gasteiger partial charge in [0.1, 0.15) is 11.3 Å². The number of nitrogens with zero attached hydrogens (tertiary/aromatic N) is 2. The Labute approximate surface area is 187 Å². The summed E-state index contributed by atoms with van der Waals surface area (Å²) in [6.07, 6.45) is 0.307. The van der Waals surface area contributed by atoms with Crippen molar-refractivity contribution >= 4 is 28.5 Å². The maximum Gasteiger partial charge on any atom is 0.305 e. The molecule has 2 aromatic carbocycles. The fraction of sp³-hybridized carbons (Fsp3) is 0.333. The molecule has 8 heteroatoms. The molecule has 1 aliphatic rings. The molecule has 168 valence electrons. The number of aryl methyl sites for hydroxylation is 1. The van der Waals surface area contributed by atoms with Crippen molar-refractivity contribution in [1.82, 2.24) is 15.8 Å². The third kappa shape index (κ3) is 4.86. The third-order valence-electron chi connectivity index (χ3n) is 5.81. The lowest BCUT2D eigenvalue weighted by Gasteiger charge is -2.36. The second-order valence-corrected chi connectivity index (χ2v) is 7.83. The number of anilines is 1. The van der Waals surface area contributed by atoms with Crippen molar-refractivity contribution in [1.29, 1.82) is 0 Å². The molecule has 0 bridgehead atoms. The summed E-state index contributed by atoms with van der Waals surface area (Å²) in [5.41, 5.74) is 7.46. The number of ether oxygens (including phenoxy) is 1. The Morgan fingerprint density at radius 1 is 1.03 bits per heavy atom. The predicted molar refractivity (Wildman–Crippen MR) is 123 cm³/mol. The monoisotopic (exact) mass is 436 g/mol. The van der Waals surface area contributed by atoms with E-state index >= 15 is 0 Å². The van der Waals surface area contributed by atoms with Crippen LogP contribution in [0.2, 0.25) is 0 Å². The Balaban J connectivity index is 1.23. The first-order valence-corrected chi connectivity index (χ1v) is 10.7. The van der Waals surface area contributed by atoms with E-state index in [1.165, 1.54) is 5.69 Å². The second kappa shape index (κ2) is 9.74. The lowest BCUT2D eigenvalue weighted by atomic mass is 10.1. The van der Waals surface area contributed by atoms with Gasteiger partial charge >= 0.3 is 5.91 Å². The van der Waals surface area contributed by atoms with Gasteiger partial charge in [0.25, 0.3) is 0 Å². The first-order chi connectivity index (χ1) is 15.5. The van der Waals surface area contributed by atoms with Crippen LogP contribution < -0.4 is 20.5 Å². The number of carbonyl (C=O) groups is 2. The average Bonchev–Trinajstić information content (AvgIpc) is 3.17. The molecule has 1 aromatic heterocycles. The number of methoxy groups -OCH3 is 1. The molecule has 8 nitrogen and oxygen atoms in total. The van der Waals surface area contributed by atoms with E-state index in [-0.39, 0.29) is 11.7 Å². The van der Waals surface area contributed by atoms with Gasteiger partial charge in [0.15, 0.2) is 5.76 Å². The number of benzene rings is 2. The minimum atomic E-state index is -0.484. The molecular formula is C24H28N4O4. The number of para-hydroxylation sites is 1. The van der Waals surface area contributed by atoms with Gasteiger partial charge in [0.2, 0.25) is 5.91 Å². The summed E-state index contributed by atoms with van der Waals surface area (Å²) in [6.45, 7) is 6.11. The number of carbonyl (C=O) groups excluding carboxylic acids is 2. The number of piperazine rings is 1. The molecule has 0 radical (unpaired) electrons. The highest BCUT2D eigenvalue weighted by molar-refractivity contribution is 5.99. The molecule has 1 fully saturated rings. The van der Waals surface area contributed by atoms with Gasteiger partial charge in [-0.05, 0) is 37.3 Å². The first-order valence-electron chi connectivity index (χ1n) is 10.7. The fourth-order valence-corrected chi connectivity index (χ4v) is 3.92. The van der Waals surface area contributed by atoms with Crippen LogP contribution in [0.25, 0.3) is 11.0 Å². The largest absolute Gasteiger partial charge is 0.497 e. The molecule has 0 aliphatic carbocycles. The van der Waals surface area contributed by atoms with E-state index in [1.54, 1.807) is 26.2 Å². The lowest BCUT2D eigenvalue weighted by molar-refractivity contribution is -0.122. The topological polar surface area (TPSA) is 87.0 Å². The van der Waals surface area contributed by atoms with Gasteiger partial charge in [-0.2, -0.15) is 0 Å². The van der Waals surface area contributed by atoms with E-state index in [9.17, 15) is 9.59 Å². The maximum atomic E-state index is 12.5. The summed E-state index contributed by atoms with van der Waals surface area (Å²) in [5, 5.41) is 0.801. The Morgan fingerprint density at radius 3 is 2.50 bits per heavy atom. The van der Waals surface area contributed by atoms with Crippen LogP contribution in [0, 0.1) is 6.92 Å². The smallest absolute Gasteiger partial charge is 0.305 e. The van der Waals surface area contributed by atoms with Gasteiger partial charge in [-0.15, -0.1) is 0 Å². The molecular weight excluding hydrogens is 408 g/mol. The average molecular weight is 437 g/mol. The standard InChI is InChI=1S/C24H28N4O4/c1-17-20-16-19(31-2)8-9-21(20)32-23(17)24(30)26-25-22(29)10-11-27-12-14-28(15-13-27)18-6-4-3-5-7-18/h3-9,16H,10-15H2,1-2H3,(H,25,29)(H,26,30). The normalized spacial score (nSPS) is 14.4. The van der Waals surface area contributed by atoms with Crippen LogP contribution in [0.5, 0.6) is 5.75 Å².